The van der Waals surface area contributed by atoms with Crippen LogP contribution in [0.5, 0.6) is 0 Å². The maximum absolute atomic E-state index is 9.96. The fourth-order valence-corrected chi connectivity index (χ4v) is 3.83. The van der Waals surface area contributed by atoms with E-state index in [9.17, 15) is 5.11 Å². The molecule has 0 aromatic rings. The van der Waals surface area contributed by atoms with Crippen LogP contribution in [-0.2, 0) is 14.2 Å². The van der Waals surface area contributed by atoms with E-state index in [1.165, 1.54) is 11.1 Å². The molecule has 4 heteroatoms. The second kappa shape index (κ2) is 9.14. The summed E-state index contributed by atoms with van der Waals surface area (Å²) in [7, 11) is 3.33. The Kier molecular flexibility index (Phi) is 7.42. The summed E-state index contributed by atoms with van der Waals surface area (Å²) in [5.74, 6) is 0.339. The highest BCUT2D eigenvalue weighted by Crippen LogP contribution is 2.44. The fourth-order valence-electron chi connectivity index (χ4n) is 3.83. The van der Waals surface area contributed by atoms with Gasteiger partial charge in [0.05, 0.1) is 5.60 Å². The molecule has 4 atom stereocenters. The minimum Gasteiger partial charge on any atom is -0.386 e. The molecule has 1 N–H and O–H groups in total. The molecule has 2 rings (SSSR count). The van der Waals surface area contributed by atoms with Crippen LogP contribution in [0.25, 0.3) is 0 Å². The number of allylic oxidation sites excluding steroid dienone is 4. The van der Waals surface area contributed by atoms with Crippen LogP contribution < -0.4 is 0 Å². The van der Waals surface area contributed by atoms with Gasteiger partial charge < -0.3 is 19.3 Å². The van der Waals surface area contributed by atoms with E-state index in [-0.39, 0.29) is 18.1 Å². The van der Waals surface area contributed by atoms with Crippen LogP contribution in [-0.4, -0.2) is 37.5 Å². The van der Waals surface area contributed by atoms with Gasteiger partial charge in [-0.05, 0) is 57.9 Å². The van der Waals surface area contributed by atoms with Gasteiger partial charge in [-0.2, -0.15) is 0 Å². The fraction of sp³-hybridized carbons (Fsp3) is 0.636. The topological polar surface area (TPSA) is 47.9 Å². The monoisotopic (exact) mass is 362 g/mol. The molecule has 1 aliphatic heterocycles. The molecule has 0 bridgehead atoms. The van der Waals surface area contributed by atoms with Crippen LogP contribution in [0, 0.1) is 11.8 Å². The average Bonchev–Trinajstić information content (AvgIpc) is 2.64. The van der Waals surface area contributed by atoms with Gasteiger partial charge >= 0.3 is 0 Å². The molecule has 1 fully saturated rings. The Morgan fingerprint density at radius 3 is 2.62 bits per heavy atom. The second-order valence-corrected chi connectivity index (χ2v) is 7.91. The summed E-state index contributed by atoms with van der Waals surface area (Å²) in [5, 5.41) is 9.96. The van der Waals surface area contributed by atoms with E-state index in [0.717, 1.165) is 31.3 Å². The highest BCUT2D eigenvalue weighted by Gasteiger charge is 2.43. The number of aliphatic hydroxyl groups is 1. The van der Waals surface area contributed by atoms with Gasteiger partial charge in [-0.1, -0.05) is 42.0 Å². The van der Waals surface area contributed by atoms with Crippen molar-refractivity contribution in [3.8, 4) is 0 Å². The molecule has 0 aromatic carbocycles. The molecular weight excluding hydrogens is 328 g/mol. The van der Waals surface area contributed by atoms with Gasteiger partial charge in [0.2, 0.25) is 0 Å². The lowest BCUT2D eigenvalue weighted by Gasteiger charge is -2.43. The zero-order valence-electron chi connectivity index (χ0n) is 16.8. The zero-order valence-corrected chi connectivity index (χ0v) is 16.8. The van der Waals surface area contributed by atoms with Crippen LogP contribution in [0.4, 0.5) is 0 Å². The molecule has 1 saturated heterocycles. The molecule has 0 amide bonds. The van der Waals surface area contributed by atoms with E-state index in [0.29, 0.717) is 0 Å². The van der Waals surface area contributed by atoms with Crippen LogP contribution in [0.15, 0.2) is 47.6 Å². The lowest BCUT2D eigenvalue weighted by Crippen LogP contribution is -2.45. The van der Waals surface area contributed by atoms with Gasteiger partial charge in [-0.3, -0.25) is 0 Å². The Hall–Kier alpha value is -1.20. The van der Waals surface area contributed by atoms with E-state index >= 15 is 0 Å². The largest absolute Gasteiger partial charge is 0.386 e. The predicted molar refractivity (Wildman–Crippen MR) is 105 cm³/mol. The van der Waals surface area contributed by atoms with Crippen LogP contribution in [0.3, 0.4) is 0 Å². The minimum absolute atomic E-state index is 0.104. The van der Waals surface area contributed by atoms with Crippen LogP contribution in [0.2, 0.25) is 0 Å². The Labute approximate surface area is 158 Å². The van der Waals surface area contributed by atoms with Gasteiger partial charge in [0.25, 0.3) is 0 Å². The number of rotatable bonds is 4. The molecule has 0 saturated carbocycles. The Morgan fingerprint density at radius 1 is 1.27 bits per heavy atom. The van der Waals surface area contributed by atoms with Gasteiger partial charge in [-0.15, -0.1) is 0 Å². The van der Waals surface area contributed by atoms with Crippen molar-refractivity contribution in [3.63, 3.8) is 0 Å². The standard InChI is InChI=1S/C22H34O4/c1-15-9-7-10-16(2)19-17(13-12-15)18(11-8-14-22(3,4)23)20(24-5)26-21(19)25-6/h8-9,11,14,17,19-21,23H,2,7,10,12-13H2,1,3-6H3/b14-8+,15-9-,18-11+. The Balaban J connectivity index is 2.42. The summed E-state index contributed by atoms with van der Waals surface area (Å²) in [6, 6.07) is 0. The van der Waals surface area contributed by atoms with Gasteiger partial charge in [0.1, 0.15) is 0 Å². The molecule has 26 heavy (non-hydrogen) atoms. The molecule has 0 aromatic heterocycles. The van der Waals surface area contributed by atoms with E-state index in [4.69, 9.17) is 14.2 Å². The Morgan fingerprint density at radius 2 is 2.00 bits per heavy atom. The van der Waals surface area contributed by atoms with Crippen molar-refractivity contribution in [1.82, 2.24) is 0 Å². The first-order valence-electron chi connectivity index (χ1n) is 9.43. The molecule has 4 unspecified atom stereocenters. The Bertz CT molecular complexity index is 579. The number of methoxy groups -OCH3 is 2. The van der Waals surface area contributed by atoms with Crippen molar-refractivity contribution in [2.24, 2.45) is 11.8 Å². The lowest BCUT2D eigenvalue weighted by molar-refractivity contribution is -0.256. The van der Waals surface area contributed by atoms with Crippen molar-refractivity contribution in [3.05, 3.63) is 47.6 Å². The van der Waals surface area contributed by atoms with E-state index in [1.807, 2.05) is 12.2 Å². The number of ether oxygens (including phenoxy) is 3. The summed E-state index contributed by atoms with van der Waals surface area (Å²) in [6.45, 7) is 10.1. The van der Waals surface area contributed by atoms with Crippen LogP contribution >= 0.6 is 0 Å². The average molecular weight is 363 g/mol. The van der Waals surface area contributed by atoms with Gasteiger partial charge in [0.15, 0.2) is 12.6 Å². The molecule has 4 nitrogen and oxygen atoms in total. The SMILES string of the molecule is C=C1CC/C=C(/C)CCC2/C(=C\C=C\C(C)(C)O)C(OC)OC(OC)C12. The first-order chi connectivity index (χ1) is 12.3. The number of hydrogen-bond acceptors (Lipinski definition) is 4. The molecule has 146 valence electrons. The summed E-state index contributed by atoms with van der Waals surface area (Å²) in [4.78, 5) is 0. The van der Waals surface area contributed by atoms with Crippen molar-refractivity contribution >= 4 is 0 Å². The highest BCUT2D eigenvalue weighted by atomic mass is 16.8. The minimum atomic E-state index is -0.856. The van der Waals surface area contributed by atoms with E-state index in [1.54, 1.807) is 34.1 Å². The second-order valence-electron chi connectivity index (χ2n) is 7.91. The maximum atomic E-state index is 9.96. The molecule has 1 aliphatic carbocycles. The first-order valence-corrected chi connectivity index (χ1v) is 9.43. The maximum Gasteiger partial charge on any atom is 0.183 e. The first kappa shape index (κ1) is 21.1. The zero-order chi connectivity index (χ0) is 19.3. The van der Waals surface area contributed by atoms with Crippen molar-refractivity contribution in [2.75, 3.05) is 14.2 Å². The number of hydrogen-bond donors (Lipinski definition) is 1. The summed E-state index contributed by atoms with van der Waals surface area (Å²) < 4.78 is 17.4. The predicted octanol–water partition coefficient (Wildman–Crippen LogP) is 4.52. The molecule has 0 radical (unpaired) electrons. The molecular formula is C22H34O4. The third-order valence-corrected chi connectivity index (χ3v) is 5.20. The van der Waals surface area contributed by atoms with Crippen LogP contribution in [0.1, 0.15) is 46.5 Å². The molecule has 1 heterocycles. The van der Waals surface area contributed by atoms with Crippen molar-refractivity contribution < 1.29 is 19.3 Å². The van der Waals surface area contributed by atoms with Gasteiger partial charge in [-0.25, -0.2) is 0 Å². The number of fused-ring (bicyclic) bond motifs is 1. The summed E-state index contributed by atoms with van der Waals surface area (Å²) in [6.07, 6.45) is 11.2. The lowest BCUT2D eigenvalue weighted by atomic mass is 9.75. The van der Waals surface area contributed by atoms with Gasteiger partial charge in [0, 0.05) is 20.1 Å². The highest BCUT2D eigenvalue weighted by molar-refractivity contribution is 5.26. The smallest absolute Gasteiger partial charge is 0.183 e. The molecule has 0 spiro atoms. The third-order valence-electron chi connectivity index (χ3n) is 5.20. The quantitative estimate of drug-likeness (QED) is 0.747. The molecule has 2 aliphatic rings. The van der Waals surface area contributed by atoms with E-state index < -0.39 is 11.9 Å². The third kappa shape index (κ3) is 5.40. The normalized spacial score (nSPS) is 34.8. The van der Waals surface area contributed by atoms with Crippen molar-refractivity contribution in [2.45, 2.75) is 64.6 Å². The van der Waals surface area contributed by atoms with E-state index in [2.05, 4.69) is 19.6 Å². The summed E-state index contributed by atoms with van der Waals surface area (Å²) in [5.41, 5.74) is 2.81. The van der Waals surface area contributed by atoms with Crippen molar-refractivity contribution in [1.29, 1.82) is 0 Å². The summed E-state index contributed by atoms with van der Waals surface area (Å²) >= 11 is 0.